The molecule has 1 fully saturated rings. The van der Waals surface area contributed by atoms with Crippen LogP contribution >= 0.6 is 15.9 Å². The van der Waals surface area contributed by atoms with E-state index in [-0.39, 0.29) is 19.1 Å². The molecule has 1 saturated heterocycles. The van der Waals surface area contributed by atoms with Crippen molar-refractivity contribution in [3.8, 4) is 0 Å². The summed E-state index contributed by atoms with van der Waals surface area (Å²) in [5.74, 6) is -1.05. The Morgan fingerprint density at radius 1 is 1.29 bits per heavy atom. The Kier molecular flexibility index (Phi) is 5.87. The van der Waals surface area contributed by atoms with E-state index in [0.717, 1.165) is 10.0 Å². The lowest BCUT2D eigenvalue weighted by Crippen LogP contribution is -2.43. The predicted molar refractivity (Wildman–Crippen MR) is 91.7 cm³/mol. The fraction of sp³-hybridized carbons (Fsp3) is 0.529. The first-order valence-corrected chi connectivity index (χ1v) is 8.53. The zero-order chi connectivity index (χ0) is 17.9. The lowest BCUT2D eigenvalue weighted by molar-refractivity contribution is -0.142. The molecule has 0 unspecified atom stereocenters. The van der Waals surface area contributed by atoms with Gasteiger partial charge in [-0.15, -0.1) is 0 Å². The number of hydrogen-bond donors (Lipinski definition) is 1. The fourth-order valence-electron chi connectivity index (χ4n) is 2.47. The van der Waals surface area contributed by atoms with E-state index in [9.17, 15) is 14.7 Å². The minimum Gasteiger partial charge on any atom is -0.480 e. The zero-order valence-corrected chi connectivity index (χ0v) is 15.6. The molecule has 0 radical (unpaired) electrons. The number of nitrogens with zero attached hydrogens (tertiary/aromatic N) is 1. The normalized spacial score (nSPS) is 20.9. The number of ether oxygens (including phenoxy) is 2. The maximum atomic E-state index is 12.2. The molecule has 0 aromatic heterocycles. The summed E-state index contributed by atoms with van der Waals surface area (Å²) < 4.78 is 12.1. The van der Waals surface area contributed by atoms with E-state index in [1.807, 2.05) is 24.3 Å². The van der Waals surface area contributed by atoms with E-state index in [1.54, 1.807) is 20.8 Å². The first-order chi connectivity index (χ1) is 11.2. The number of rotatable bonds is 4. The summed E-state index contributed by atoms with van der Waals surface area (Å²) in [5, 5.41) is 9.35. The summed E-state index contributed by atoms with van der Waals surface area (Å²) in [5.41, 5.74) is 0.317. The summed E-state index contributed by atoms with van der Waals surface area (Å²) >= 11 is 3.37. The van der Waals surface area contributed by atoms with Crippen LogP contribution in [0.4, 0.5) is 4.79 Å². The molecule has 6 nitrogen and oxygen atoms in total. The molecule has 2 rings (SSSR count). The SMILES string of the molecule is CC(C)(C)OC(=O)N1C[C@@H](OCc2ccc(Br)cc2)C[C@H]1C(=O)O. The number of carboxylic acid groups (broad SMARTS) is 1. The Hall–Kier alpha value is -1.60. The molecule has 24 heavy (non-hydrogen) atoms. The van der Waals surface area contributed by atoms with Crippen LogP contribution in [0.2, 0.25) is 0 Å². The van der Waals surface area contributed by atoms with E-state index in [2.05, 4.69) is 15.9 Å². The third-order valence-corrected chi connectivity index (χ3v) is 4.10. The second-order valence-corrected chi connectivity index (χ2v) is 7.70. The molecule has 0 saturated carbocycles. The molecule has 0 spiro atoms. The van der Waals surface area contributed by atoms with Gasteiger partial charge in [0.15, 0.2) is 0 Å². The summed E-state index contributed by atoms with van der Waals surface area (Å²) in [6.07, 6.45) is -0.697. The second-order valence-electron chi connectivity index (χ2n) is 6.78. The van der Waals surface area contributed by atoms with Crippen LogP contribution in [0.3, 0.4) is 0 Å². The van der Waals surface area contributed by atoms with Crippen molar-refractivity contribution >= 4 is 28.0 Å². The average Bonchev–Trinajstić information content (AvgIpc) is 2.89. The molecule has 1 aromatic carbocycles. The number of likely N-dealkylation sites (tertiary alicyclic amines) is 1. The average molecular weight is 400 g/mol. The molecule has 0 aliphatic carbocycles. The number of carbonyl (C=O) groups is 2. The van der Waals surface area contributed by atoms with E-state index in [1.165, 1.54) is 4.90 Å². The van der Waals surface area contributed by atoms with Crippen molar-refractivity contribution in [1.29, 1.82) is 0 Å². The lowest BCUT2D eigenvalue weighted by atomic mass is 10.2. The van der Waals surface area contributed by atoms with Crippen molar-refractivity contribution < 1.29 is 24.2 Å². The first-order valence-electron chi connectivity index (χ1n) is 7.74. The van der Waals surface area contributed by atoms with Crippen molar-refractivity contribution in [2.24, 2.45) is 0 Å². The number of carboxylic acids is 1. The number of aliphatic carboxylic acids is 1. The molecular weight excluding hydrogens is 378 g/mol. The number of amides is 1. The van der Waals surface area contributed by atoms with Gasteiger partial charge in [0.1, 0.15) is 11.6 Å². The monoisotopic (exact) mass is 399 g/mol. The Morgan fingerprint density at radius 3 is 2.46 bits per heavy atom. The van der Waals surface area contributed by atoms with Gasteiger partial charge in [-0.2, -0.15) is 0 Å². The Labute approximate surface area is 149 Å². The highest BCUT2D eigenvalue weighted by Gasteiger charge is 2.42. The highest BCUT2D eigenvalue weighted by molar-refractivity contribution is 9.10. The largest absolute Gasteiger partial charge is 0.480 e. The minimum atomic E-state index is -1.05. The van der Waals surface area contributed by atoms with Crippen LogP contribution < -0.4 is 0 Å². The van der Waals surface area contributed by atoms with E-state index < -0.39 is 23.7 Å². The van der Waals surface area contributed by atoms with Gasteiger partial charge in [0.25, 0.3) is 0 Å². The second kappa shape index (κ2) is 7.53. The smallest absolute Gasteiger partial charge is 0.411 e. The highest BCUT2D eigenvalue weighted by atomic mass is 79.9. The molecule has 1 amide bonds. The maximum Gasteiger partial charge on any atom is 0.411 e. The van der Waals surface area contributed by atoms with Crippen molar-refractivity contribution in [2.45, 2.75) is 51.5 Å². The van der Waals surface area contributed by atoms with Crippen LogP contribution in [0.25, 0.3) is 0 Å². The zero-order valence-electron chi connectivity index (χ0n) is 14.0. The van der Waals surface area contributed by atoms with Crippen LogP contribution in [0.15, 0.2) is 28.7 Å². The number of benzene rings is 1. The van der Waals surface area contributed by atoms with Crippen LogP contribution in [0.5, 0.6) is 0 Å². The highest BCUT2D eigenvalue weighted by Crippen LogP contribution is 2.24. The Bertz CT molecular complexity index is 596. The standard InChI is InChI=1S/C17H22BrNO5/c1-17(2,3)24-16(22)19-9-13(8-14(19)15(20)21)23-10-11-4-6-12(18)7-5-11/h4-7,13-14H,8-10H2,1-3H3,(H,20,21)/t13-,14-/m0/s1. The van der Waals surface area contributed by atoms with Crippen LogP contribution in [0, 0.1) is 0 Å². The molecule has 1 aromatic rings. The van der Waals surface area contributed by atoms with Gasteiger partial charge in [-0.05, 0) is 38.5 Å². The summed E-state index contributed by atoms with van der Waals surface area (Å²) in [4.78, 5) is 24.9. The molecule has 1 aliphatic rings. The summed E-state index contributed by atoms with van der Waals surface area (Å²) in [6, 6.07) is 6.77. The molecule has 1 heterocycles. The maximum absolute atomic E-state index is 12.2. The Morgan fingerprint density at radius 2 is 1.92 bits per heavy atom. The van der Waals surface area contributed by atoms with Crippen molar-refractivity contribution in [1.82, 2.24) is 4.90 Å². The molecule has 7 heteroatoms. The van der Waals surface area contributed by atoms with Gasteiger partial charge in [-0.25, -0.2) is 9.59 Å². The van der Waals surface area contributed by atoms with E-state index in [0.29, 0.717) is 6.61 Å². The summed E-state index contributed by atoms with van der Waals surface area (Å²) in [7, 11) is 0. The van der Waals surface area contributed by atoms with Gasteiger partial charge < -0.3 is 14.6 Å². The number of hydrogen-bond acceptors (Lipinski definition) is 4. The van der Waals surface area contributed by atoms with Gasteiger partial charge in [0, 0.05) is 10.9 Å². The van der Waals surface area contributed by atoms with Crippen molar-refractivity contribution in [2.75, 3.05) is 6.54 Å². The van der Waals surface area contributed by atoms with Crippen LogP contribution in [-0.4, -0.2) is 46.4 Å². The molecular formula is C17H22BrNO5. The van der Waals surface area contributed by atoms with Crippen LogP contribution in [-0.2, 0) is 20.9 Å². The molecule has 1 aliphatic heterocycles. The lowest BCUT2D eigenvalue weighted by Gasteiger charge is -2.26. The van der Waals surface area contributed by atoms with Gasteiger partial charge in [-0.1, -0.05) is 28.1 Å². The van der Waals surface area contributed by atoms with E-state index >= 15 is 0 Å². The minimum absolute atomic E-state index is 0.211. The van der Waals surface area contributed by atoms with Crippen molar-refractivity contribution in [3.05, 3.63) is 34.3 Å². The predicted octanol–water partition coefficient (Wildman–Crippen LogP) is 3.43. The number of halogens is 1. The Balaban J connectivity index is 1.97. The van der Waals surface area contributed by atoms with Gasteiger partial charge in [0.05, 0.1) is 19.3 Å². The quantitative estimate of drug-likeness (QED) is 0.838. The summed E-state index contributed by atoms with van der Waals surface area (Å²) in [6.45, 7) is 5.82. The van der Waals surface area contributed by atoms with Gasteiger partial charge in [-0.3, -0.25) is 4.90 Å². The van der Waals surface area contributed by atoms with Gasteiger partial charge >= 0.3 is 12.1 Å². The topological polar surface area (TPSA) is 76.1 Å². The molecule has 1 N–H and O–H groups in total. The molecule has 132 valence electrons. The molecule has 2 atom stereocenters. The van der Waals surface area contributed by atoms with Crippen LogP contribution in [0.1, 0.15) is 32.8 Å². The fourth-order valence-corrected chi connectivity index (χ4v) is 2.73. The first kappa shape index (κ1) is 18.7. The number of carbonyl (C=O) groups excluding carboxylic acids is 1. The van der Waals surface area contributed by atoms with E-state index in [4.69, 9.17) is 9.47 Å². The third-order valence-electron chi connectivity index (χ3n) is 3.57. The van der Waals surface area contributed by atoms with Crippen molar-refractivity contribution in [3.63, 3.8) is 0 Å². The molecule has 0 bridgehead atoms. The third kappa shape index (κ3) is 5.21. The van der Waals surface area contributed by atoms with Gasteiger partial charge in [0.2, 0.25) is 0 Å².